The van der Waals surface area contributed by atoms with Crippen LogP contribution in [0.15, 0.2) is 81.4 Å². The van der Waals surface area contributed by atoms with Crippen LogP contribution < -0.4 is 15.4 Å². The zero-order chi connectivity index (χ0) is 24.8. The smallest absolute Gasteiger partial charge is 0.325 e. The minimum absolute atomic E-state index is 0.00169. The van der Waals surface area contributed by atoms with Crippen LogP contribution in [0.25, 0.3) is 0 Å². The Balaban J connectivity index is 1.73. The Morgan fingerprint density at radius 3 is 2.35 bits per heavy atom. The van der Waals surface area contributed by atoms with E-state index in [1.54, 1.807) is 42.9 Å². The van der Waals surface area contributed by atoms with E-state index >= 15 is 0 Å². The van der Waals surface area contributed by atoms with E-state index in [4.69, 9.17) is 5.26 Å². The highest BCUT2D eigenvalue weighted by Crippen LogP contribution is 2.34. The summed E-state index contributed by atoms with van der Waals surface area (Å²) in [6, 6.07) is 11.9. The molecule has 0 amide bonds. The molecule has 8 nitrogen and oxygen atoms in total. The maximum Gasteiger partial charge on any atom is 0.416 e. The number of pyridine rings is 1. The molecule has 1 aromatic heterocycles. The topological polar surface area (TPSA) is 119 Å². The summed E-state index contributed by atoms with van der Waals surface area (Å²) in [5, 5.41) is 14.3. The molecule has 176 valence electrons. The van der Waals surface area contributed by atoms with Gasteiger partial charge in [-0.25, -0.2) is 13.4 Å². The van der Waals surface area contributed by atoms with Crippen LogP contribution in [0.1, 0.15) is 11.1 Å². The maximum absolute atomic E-state index is 13.0. The van der Waals surface area contributed by atoms with Gasteiger partial charge in [0, 0.05) is 28.2 Å². The van der Waals surface area contributed by atoms with Gasteiger partial charge in [0.05, 0.1) is 12.1 Å². The van der Waals surface area contributed by atoms with E-state index in [9.17, 15) is 21.6 Å². The molecule has 0 aliphatic heterocycles. The van der Waals surface area contributed by atoms with Crippen LogP contribution in [0.4, 0.5) is 24.5 Å². The van der Waals surface area contributed by atoms with E-state index in [0.717, 1.165) is 12.1 Å². The Bertz CT molecular complexity index is 1330. The molecule has 3 N–H and O–H groups in total. The second kappa shape index (κ2) is 10.5. The van der Waals surface area contributed by atoms with Crippen molar-refractivity contribution in [1.29, 1.82) is 5.26 Å². The monoisotopic (exact) mass is 552 g/mol. The Labute approximate surface area is 201 Å². The lowest BCUT2D eigenvalue weighted by Gasteiger charge is -2.13. The molecule has 2 aromatic carbocycles. The summed E-state index contributed by atoms with van der Waals surface area (Å²) in [5.74, 6) is 0.202. The number of anilines is 2. The molecule has 0 spiro atoms. The summed E-state index contributed by atoms with van der Waals surface area (Å²) in [4.78, 5) is 7.64. The number of rotatable bonds is 6. The number of nitrogens with one attached hydrogen (secondary N) is 3. The van der Waals surface area contributed by atoms with Crippen molar-refractivity contribution in [2.75, 3.05) is 10.0 Å². The van der Waals surface area contributed by atoms with Gasteiger partial charge in [0.15, 0.2) is 6.19 Å². The normalized spacial score (nSPS) is 12.0. The Morgan fingerprint density at radius 2 is 1.74 bits per heavy atom. The molecule has 3 aromatic rings. The second-order valence-electron chi connectivity index (χ2n) is 6.71. The summed E-state index contributed by atoms with van der Waals surface area (Å²) >= 11 is 2.99. The zero-order valence-electron chi connectivity index (χ0n) is 17.1. The van der Waals surface area contributed by atoms with Crippen LogP contribution in [0.3, 0.4) is 0 Å². The fraction of sp³-hybridized carbons (Fsp3) is 0.0952. The average molecular weight is 553 g/mol. The Kier molecular flexibility index (Phi) is 7.75. The van der Waals surface area contributed by atoms with Crippen LogP contribution >= 0.6 is 15.9 Å². The number of nitriles is 1. The number of guanidine groups is 1. The molecular formula is C21H16BrF3N6O2S. The van der Waals surface area contributed by atoms with Gasteiger partial charge in [-0.05, 0) is 64.0 Å². The third kappa shape index (κ3) is 6.69. The van der Waals surface area contributed by atoms with E-state index < -0.39 is 26.7 Å². The van der Waals surface area contributed by atoms with E-state index in [0.29, 0.717) is 17.3 Å². The molecule has 0 atom stereocenters. The molecule has 0 unspecified atom stereocenters. The quantitative estimate of drug-likeness (QED) is 0.176. The first-order valence-corrected chi connectivity index (χ1v) is 11.7. The van der Waals surface area contributed by atoms with Gasteiger partial charge < -0.3 is 5.32 Å². The summed E-state index contributed by atoms with van der Waals surface area (Å²) in [6.07, 6.45) is 0.248. The number of aromatic nitrogens is 1. The number of sulfonamides is 1. The van der Waals surface area contributed by atoms with Gasteiger partial charge in [-0.1, -0.05) is 12.1 Å². The highest BCUT2D eigenvalue weighted by atomic mass is 79.9. The molecule has 34 heavy (non-hydrogen) atoms. The third-order valence-electron chi connectivity index (χ3n) is 4.29. The van der Waals surface area contributed by atoms with Crippen molar-refractivity contribution in [1.82, 2.24) is 10.3 Å². The van der Waals surface area contributed by atoms with Crippen LogP contribution in [-0.4, -0.2) is 19.4 Å². The van der Waals surface area contributed by atoms with E-state index in [1.165, 1.54) is 12.1 Å². The minimum atomic E-state index is -4.68. The van der Waals surface area contributed by atoms with Gasteiger partial charge in [-0.2, -0.15) is 18.4 Å². The maximum atomic E-state index is 13.0. The summed E-state index contributed by atoms with van der Waals surface area (Å²) in [6.45, 7) is 0.161. The summed E-state index contributed by atoms with van der Waals surface area (Å²) in [5.41, 5.74) is 0.438. The van der Waals surface area contributed by atoms with Gasteiger partial charge in [-0.3, -0.25) is 15.0 Å². The molecular weight excluding hydrogens is 537 g/mol. The molecule has 0 aliphatic rings. The molecule has 3 rings (SSSR count). The molecule has 0 aliphatic carbocycles. The number of alkyl halides is 3. The lowest BCUT2D eigenvalue weighted by Crippen LogP contribution is -2.26. The number of hydrogen-bond acceptors (Lipinski definition) is 5. The number of hydrogen-bond donors (Lipinski definition) is 3. The van der Waals surface area contributed by atoms with Crippen LogP contribution in [0.2, 0.25) is 0 Å². The SMILES string of the molecule is N#CNC(=NCc1ccc(NS(=O)(=O)c2cc(C(F)(F)F)ccc2Br)cc1)Nc1ccncc1. The van der Waals surface area contributed by atoms with Crippen molar-refractivity contribution < 1.29 is 21.6 Å². The first kappa shape index (κ1) is 25.0. The van der Waals surface area contributed by atoms with Crippen LogP contribution in [0.5, 0.6) is 0 Å². The molecule has 0 bridgehead atoms. The molecule has 0 radical (unpaired) electrons. The van der Waals surface area contributed by atoms with Gasteiger partial charge in [0.1, 0.15) is 4.90 Å². The Morgan fingerprint density at radius 1 is 1.06 bits per heavy atom. The fourth-order valence-electron chi connectivity index (χ4n) is 2.68. The predicted molar refractivity (Wildman–Crippen MR) is 124 cm³/mol. The van der Waals surface area contributed by atoms with Gasteiger partial charge in [0.25, 0.3) is 10.0 Å². The molecule has 1 heterocycles. The van der Waals surface area contributed by atoms with E-state index in [2.05, 4.69) is 41.3 Å². The summed E-state index contributed by atoms with van der Waals surface area (Å²) in [7, 11) is -4.29. The fourth-order valence-corrected chi connectivity index (χ4v) is 4.73. The molecule has 13 heteroatoms. The zero-order valence-corrected chi connectivity index (χ0v) is 19.5. The number of nitrogens with zero attached hydrogens (tertiary/aromatic N) is 3. The largest absolute Gasteiger partial charge is 0.416 e. The average Bonchev–Trinajstić information content (AvgIpc) is 2.78. The van der Waals surface area contributed by atoms with E-state index in [-0.39, 0.29) is 22.7 Å². The molecule has 0 saturated heterocycles. The lowest BCUT2D eigenvalue weighted by atomic mass is 10.2. The van der Waals surface area contributed by atoms with Gasteiger partial charge in [0.2, 0.25) is 5.96 Å². The van der Waals surface area contributed by atoms with Crippen LogP contribution in [-0.2, 0) is 22.7 Å². The third-order valence-corrected chi connectivity index (χ3v) is 6.67. The highest BCUT2D eigenvalue weighted by molar-refractivity contribution is 9.10. The Hall–Kier alpha value is -3.63. The number of aliphatic imine (C=N–C) groups is 1. The van der Waals surface area contributed by atoms with Crippen molar-refractivity contribution in [2.45, 2.75) is 17.6 Å². The second-order valence-corrected chi connectivity index (χ2v) is 9.21. The van der Waals surface area contributed by atoms with Crippen molar-refractivity contribution >= 4 is 43.3 Å². The highest BCUT2D eigenvalue weighted by Gasteiger charge is 2.32. The minimum Gasteiger partial charge on any atom is -0.325 e. The predicted octanol–water partition coefficient (Wildman–Crippen LogP) is 4.70. The van der Waals surface area contributed by atoms with Crippen molar-refractivity contribution in [2.24, 2.45) is 4.99 Å². The first-order valence-electron chi connectivity index (χ1n) is 9.43. The van der Waals surface area contributed by atoms with Crippen molar-refractivity contribution in [3.63, 3.8) is 0 Å². The first-order chi connectivity index (χ1) is 16.1. The molecule has 0 saturated carbocycles. The van der Waals surface area contributed by atoms with Crippen molar-refractivity contribution in [3.8, 4) is 6.19 Å². The lowest BCUT2D eigenvalue weighted by molar-refractivity contribution is -0.137. The van der Waals surface area contributed by atoms with Crippen LogP contribution in [0, 0.1) is 11.5 Å². The van der Waals surface area contributed by atoms with E-state index in [1.807, 2.05) is 0 Å². The van der Waals surface area contributed by atoms with Gasteiger partial charge >= 0.3 is 6.18 Å². The summed E-state index contributed by atoms with van der Waals surface area (Å²) < 4.78 is 66.6. The molecule has 0 fully saturated rings. The van der Waals surface area contributed by atoms with Gasteiger partial charge in [-0.15, -0.1) is 0 Å². The number of benzene rings is 2. The number of halogens is 4. The van der Waals surface area contributed by atoms with Crippen molar-refractivity contribution in [3.05, 3.63) is 82.6 Å². The standard InChI is InChI=1S/C21H16BrF3N6O2S/c22-18-6-3-15(21(23,24)25)11-19(18)34(32,33)31-17-4-1-14(2-5-17)12-28-20(29-13-26)30-16-7-9-27-10-8-16/h1-11,31H,12H2,(H2,27,28,29,30).